The Morgan fingerprint density at radius 1 is 1.09 bits per heavy atom. The zero-order valence-electron chi connectivity index (χ0n) is 20.3. The predicted octanol–water partition coefficient (Wildman–Crippen LogP) is 2.93. The smallest absolute Gasteiger partial charge is 0.244 e. The quantitative estimate of drug-likeness (QED) is 0.580. The third kappa shape index (κ3) is 7.44. The molecule has 0 unspecified atom stereocenters. The van der Waals surface area contributed by atoms with Crippen molar-refractivity contribution in [2.45, 2.75) is 45.8 Å². The molecule has 0 aliphatic carbocycles. The summed E-state index contributed by atoms with van der Waals surface area (Å²) in [5.74, 6) is -1.15. The molecule has 2 aromatic carbocycles. The number of halogens is 1. The number of amides is 2. The number of anilines is 1. The number of rotatable bonds is 9. The largest absolute Gasteiger partial charge is 0.495 e. The molecule has 0 aromatic heterocycles. The van der Waals surface area contributed by atoms with E-state index in [1.165, 1.54) is 42.3 Å². The third-order valence-electron chi connectivity index (χ3n) is 4.96. The summed E-state index contributed by atoms with van der Waals surface area (Å²) in [6, 6.07) is 11.1. The van der Waals surface area contributed by atoms with Gasteiger partial charge in [-0.3, -0.25) is 13.9 Å². The van der Waals surface area contributed by atoms with Crippen LogP contribution in [-0.4, -0.2) is 56.6 Å². The van der Waals surface area contributed by atoms with Crippen LogP contribution in [0, 0.1) is 5.82 Å². The van der Waals surface area contributed by atoms with Gasteiger partial charge in [0.2, 0.25) is 21.8 Å². The molecule has 0 fully saturated rings. The fourth-order valence-corrected chi connectivity index (χ4v) is 4.13. The third-order valence-corrected chi connectivity index (χ3v) is 6.09. The highest BCUT2D eigenvalue weighted by atomic mass is 32.2. The number of sulfonamides is 1. The van der Waals surface area contributed by atoms with Crippen LogP contribution in [0.5, 0.6) is 5.75 Å². The molecule has 0 saturated carbocycles. The Morgan fingerprint density at radius 2 is 1.68 bits per heavy atom. The highest BCUT2D eigenvalue weighted by molar-refractivity contribution is 7.92. The van der Waals surface area contributed by atoms with E-state index in [2.05, 4.69) is 5.32 Å². The van der Waals surface area contributed by atoms with Crippen molar-refractivity contribution in [2.75, 3.05) is 24.2 Å². The van der Waals surface area contributed by atoms with E-state index in [0.717, 1.165) is 10.6 Å². The molecule has 34 heavy (non-hydrogen) atoms. The van der Waals surface area contributed by atoms with Gasteiger partial charge in [-0.05, 0) is 57.5 Å². The molecule has 1 atom stereocenters. The maximum Gasteiger partial charge on any atom is 0.244 e. The maximum absolute atomic E-state index is 13.5. The molecule has 0 spiro atoms. The minimum absolute atomic E-state index is 0.0125. The predicted molar refractivity (Wildman–Crippen MR) is 129 cm³/mol. The molecule has 1 N–H and O–H groups in total. The topological polar surface area (TPSA) is 96.0 Å². The first kappa shape index (κ1) is 27.1. The van der Waals surface area contributed by atoms with E-state index in [1.54, 1.807) is 25.1 Å². The van der Waals surface area contributed by atoms with Crippen LogP contribution in [0.1, 0.15) is 33.3 Å². The van der Waals surface area contributed by atoms with Crippen LogP contribution < -0.4 is 14.4 Å². The number of methoxy groups -OCH3 is 1. The summed E-state index contributed by atoms with van der Waals surface area (Å²) < 4.78 is 44.9. The Bertz CT molecular complexity index is 1110. The van der Waals surface area contributed by atoms with Crippen LogP contribution >= 0.6 is 0 Å². The van der Waals surface area contributed by atoms with Crippen molar-refractivity contribution < 1.29 is 27.1 Å². The number of nitrogens with one attached hydrogen (secondary N) is 1. The average Bonchev–Trinajstić information content (AvgIpc) is 2.74. The van der Waals surface area contributed by atoms with E-state index >= 15 is 0 Å². The lowest BCUT2D eigenvalue weighted by molar-refractivity contribution is -0.140. The summed E-state index contributed by atoms with van der Waals surface area (Å²) in [5, 5.41) is 2.84. The first-order valence-corrected chi connectivity index (χ1v) is 12.5. The molecule has 0 aliphatic heterocycles. The number of benzene rings is 2. The van der Waals surface area contributed by atoms with Crippen molar-refractivity contribution >= 4 is 27.5 Å². The molecule has 186 valence electrons. The second-order valence-corrected chi connectivity index (χ2v) is 10.9. The first-order valence-electron chi connectivity index (χ1n) is 10.7. The minimum atomic E-state index is -3.88. The summed E-state index contributed by atoms with van der Waals surface area (Å²) in [6.45, 7) is 6.45. The summed E-state index contributed by atoms with van der Waals surface area (Å²) in [7, 11) is -2.47. The summed E-state index contributed by atoms with van der Waals surface area (Å²) in [5.41, 5.74) is 0.259. The van der Waals surface area contributed by atoms with E-state index in [-0.39, 0.29) is 18.0 Å². The van der Waals surface area contributed by atoms with Crippen LogP contribution in [0.2, 0.25) is 0 Å². The zero-order valence-corrected chi connectivity index (χ0v) is 21.1. The van der Waals surface area contributed by atoms with Gasteiger partial charge < -0.3 is 15.0 Å². The summed E-state index contributed by atoms with van der Waals surface area (Å²) in [6.07, 6.45) is 0.993. The number of nitrogens with zero attached hydrogens (tertiary/aromatic N) is 2. The molecule has 0 aliphatic rings. The Morgan fingerprint density at radius 3 is 2.21 bits per heavy atom. The lowest BCUT2D eigenvalue weighted by Crippen LogP contribution is -2.54. The second-order valence-electron chi connectivity index (χ2n) is 9.00. The van der Waals surface area contributed by atoms with Gasteiger partial charge in [-0.25, -0.2) is 12.8 Å². The minimum Gasteiger partial charge on any atom is -0.495 e. The van der Waals surface area contributed by atoms with Crippen LogP contribution in [-0.2, 0) is 26.2 Å². The molecule has 2 rings (SSSR count). The number of para-hydroxylation sites is 2. The van der Waals surface area contributed by atoms with Crippen molar-refractivity contribution in [3.63, 3.8) is 0 Å². The molecule has 8 nitrogen and oxygen atoms in total. The van der Waals surface area contributed by atoms with Crippen LogP contribution in [0.4, 0.5) is 10.1 Å². The van der Waals surface area contributed by atoms with Gasteiger partial charge in [-0.2, -0.15) is 0 Å². The summed E-state index contributed by atoms with van der Waals surface area (Å²) in [4.78, 5) is 27.6. The Kier molecular flexibility index (Phi) is 8.66. The lowest BCUT2D eigenvalue weighted by atomic mass is 10.1. The number of carbonyl (C=O) groups is 2. The number of hydrogen-bond acceptors (Lipinski definition) is 5. The van der Waals surface area contributed by atoms with Gasteiger partial charge in [0.05, 0.1) is 19.1 Å². The van der Waals surface area contributed by atoms with Crippen molar-refractivity contribution in [2.24, 2.45) is 0 Å². The van der Waals surface area contributed by atoms with E-state index < -0.39 is 45.8 Å². The zero-order chi connectivity index (χ0) is 25.7. The van der Waals surface area contributed by atoms with Gasteiger partial charge in [0.25, 0.3) is 0 Å². The van der Waals surface area contributed by atoms with Crippen molar-refractivity contribution in [1.29, 1.82) is 0 Å². The lowest BCUT2D eigenvalue weighted by Gasteiger charge is -2.33. The molecular weight excluding hydrogens is 461 g/mol. The average molecular weight is 494 g/mol. The van der Waals surface area contributed by atoms with Gasteiger partial charge in [0.1, 0.15) is 24.2 Å². The Hall–Kier alpha value is -3.14. The molecular formula is C24H32FN3O5S. The highest BCUT2D eigenvalue weighted by Gasteiger charge is 2.32. The maximum atomic E-state index is 13.5. The van der Waals surface area contributed by atoms with Crippen LogP contribution in [0.15, 0.2) is 48.5 Å². The normalized spacial score (nSPS) is 12.6. The molecule has 0 radical (unpaired) electrons. The molecule has 0 bridgehead atoms. The van der Waals surface area contributed by atoms with Crippen molar-refractivity contribution in [1.82, 2.24) is 10.2 Å². The van der Waals surface area contributed by atoms with Gasteiger partial charge in [0, 0.05) is 12.1 Å². The second kappa shape index (κ2) is 10.9. The number of ether oxygens (including phenoxy) is 1. The van der Waals surface area contributed by atoms with Gasteiger partial charge in [-0.15, -0.1) is 0 Å². The molecule has 2 amide bonds. The van der Waals surface area contributed by atoms with E-state index in [9.17, 15) is 22.4 Å². The van der Waals surface area contributed by atoms with Crippen molar-refractivity contribution in [3.8, 4) is 5.75 Å². The fraction of sp³-hybridized carbons (Fsp3) is 0.417. The molecule has 0 saturated heterocycles. The van der Waals surface area contributed by atoms with Gasteiger partial charge in [0.15, 0.2) is 0 Å². The van der Waals surface area contributed by atoms with Gasteiger partial charge >= 0.3 is 0 Å². The van der Waals surface area contributed by atoms with Crippen LogP contribution in [0.3, 0.4) is 0 Å². The fourth-order valence-electron chi connectivity index (χ4n) is 3.27. The van der Waals surface area contributed by atoms with Crippen molar-refractivity contribution in [3.05, 3.63) is 59.9 Å². The SMILES string of the molecule is COc1ccccc1N(CC(=O)N(Cc1ccc(F)cc1)[C@@H](C)C(=O)NC(C)(C)C)S(C)(=O)=O. The first-order chi connectivity index (χ1) is 15.7. The van der Waals surface area contributed by atoms with Crippen LogP contribution in [0.25, 0.3) is 0 Å². The monoisotopic (exact) mass is 493 g/mol. The van der Waals surface area contributed by atoms with E-state index in [4.69, 9.17) is 4.74 Å². The molecule has 0 heterocycles. The summed E-state index contributed by atoms with van der Waals surface area (Å²) >= 11 is 0. The van der Waals surface area contributed by atoms with E-state index in [0.29, 0.717) is 5.56 Å². The molecule has 2 aromatic rings. The Balaban J connectivity index is 2.43. The number of carbonyl (C=O) groups excluding carboxylic acids is 2. The van der Waals surface area contributed by atoms with E-state index in [1.807, 2.05) is 20.8 Å². The Labute approximate surface area is 200 Å². The molecule has 10 heteroatoms. The highest BCUT2D eigenvalue weighted by Crippen LogP contribution is 2.29. The number of hydrogen-bond donors (Lipinski definition) is 1. The standard InChI is InChI=1S/C24H32FN3O5S/c1-17(23(30)26-24(2,3)4)27(15-18-11-13-19(25)14-12-18)22(29)16-28(34(6,31)32)20-9-7-8-10-21(20)33-5/h7-14,17H,15-16H2,1-6H3,(H,26,30)/t17-/m0/s1. The van der Waals surface area contributed by atoms with Gasteiger partial charge in [-0.1, -0.05) is 24.3 Å².